The van der Waals surface area contributed by atoms with Crippen LogP contribution in [0.4, 0.5) is 5.69 Å². The number of rotatable bonds is 4. The van der Waals surface area contributed by atoms with Gasteiger partial charge in [0.25, 0.3) is 5.91 Å². The lowest BCUT2D eigenvalue weighted by Crippen LogP contribution is -2.11. The molecular weight excluding hydrogens is 284 g/mol. The molecule has 0 saturated carbocycles. The van der Waals surface area contributed by atoms with Gasteiger partial charge in [0, 0.05) is 17.9 Å². The summed E-state index contributed by atoms with van der Waals surface area (Å²) in [6, 6.07) is 13.0. The van der Waals surface area contributed by atoms with Crippen LogP contribution in [-0.2, 0) is 6.42 Å². The van der Waals surface area contributed by atoms with Gasteiger partial charge in [-0.2, -0.15) is 0 Å². The highest BCUT2D eigenvalue weighted by Crippen LogP contribution is 2.20. The average molecular weight is 298 g/mol. The zero-order valence-corrected chi connectivity index (χ0v) is 12.1. The average Bonchev–Trinajstić information content (AvgIpc) is 2.97. The third kappa shape index (κ3) is 3.09. The molecule has 2 N–H and O–H groups in total. The Morgan fingerprint density at radius 2 is 2.00 bits per heavy atom. The van der Waals surface area contributed by atoms with E-state index in [4.69, 9.17) is 5.11 Å². The summed E-state index contributed by atoms with van der Waals surface area (Å²) in [5.74, 6) is -0.139. The maximum atomic E-state index is 12.2. The van der Waals surface area contributed by atoms with Gasteiger partial charge in [0.1, 0.15) is 0 Å². The molecule has 1 aromatic heterocycles. The number of anilines is 1. The van der Waals surface area contributed by atoms with Crippen molar-refractivity contribution in [1.29, 1.82) is 0 Å². The maximum absolute atomic E-state index is 12.2. The number of hydrogen-bond acceptors (Lipinski definition) is 4. The Morgan fingerprint density at radius 1 is 1.19 bits per heavy atom. The SMILES string of the molecule is O=C(Nc1ccc(CCO)cc1)c1ccc2ncsc2c1. The number of benzene rings is 2. The van der Waals surface area contributed by atoms with Crippen LogP contribution in [0.5, 0.6) is 0 Å². The largest absolute Gasteiger partial charge is 0.396 e. The molecule has 1 heterocycles. The number of aliphatic hydroxyl groups is 1. The number of nitrogens with zero attached hydrogens (tertiary/aromatic N) is 1. The molecule has 1 amide bonds. The van der Waals surface area contributed by atoms with Crippen LogP contribution in [0.2, 0.25) is 0 Å². The van der Waals surface area contributed by atoms with Gasteiger partial charge in [-0.15, -0.1) is 11.3 Å². The lowest BCUT2D eigenvalue weighted by Gasteiger charge is -2.06. The first-order valence-corrected chi connectivity index (χ1v) is 7.48. The third-order valence-corrected chi connectivity index (χ3v) is 4.00. The molecule has 106 valence electrons. The number of thiazole rings is 1. The smallest absolute Gasteiger partial charge is 0.255 e. The Kier molecular flexibility index (Phi) is 3.94. The van der Waals surface area contributed by atoms with Gasteiger partial charge < -0.3 is 10.4 Å². The summed E-state index contributed by atoms with van der Waals surface area (Å²) in [7, 11) is 0. The van der Waals surface area contributed by atoms with Crippen LogP contribution in [-0.4, -0.2) is 22.6 Å². The van der Waals surface area contributed by atoms with Crippen LogP contribution in [0.25, 0.3) is 10.2 Å². The maximum Gasteiger partial charge on any atom is 0.255 e. The quantitative estimate of drug-likeness (QED) is 0.778. The number of aliphatic hydroxyl groups excluding tert-OH is 1. The predicted molar refractivity (Wildman–Crippen MR) is 84.8 cm³/mol. The summed E-state index contributed by atoms with van der Waals surface area (Å²) in [4.78, 5) is 16.4. The molecule has 0 fully saturated rings. The van der Waals surface area contributed by atoms with E-state index in [1.807, 2.05) is 36.4 Å². The van der Waals surface area contributed by atoms with E-state index < -0.39 is 0 Å². The highest BCUT2D eigenvalue weighted by molar-refractivity contribution is 7.16. The van der Waals surface area contributed by atoms with E-state index in [2.05, 4.69) is 10.3 Å². The van der Waals surface area contributed by atoms with Crippen LogP contribution in [0, 0.1) is 0 Å². The summed E-state index contributed by atoms with van der Waals surface area (Å²) in [6.45, 7) is 0.126. The summed E-state index contributed by atoms with van der Waals surface area (Å²) < 4.78 is 1.00. The zero-order valence-electron chi connectivity index (χ0n) is 11.2. The van der Waals surface area contributed by atoms with E-state index in [1.54, 1.807) is 11.6 Å². The highest BCUT2D eigenvalue weighted by Gasteiger charge is 2.08. The first-order chi connectivity index (χ1) is 10.3. The Hall–Kier alpha value is -2.24. The molecule has 0 aliphatic heterocycles. The van der Waals surface area contributed by atoms with Gasteiger partial charge in [0.05, 0.1) is 15.7 Å². The minimum Gasteiger partial charge on any atom is -0.396 e. The van der Waals surface area contributed by atoms with Gasteiger partial charge in [-0.05, 0) is 42.3 Å². The van der Waals surface area contributed by atoms with E-state index in [-0.39, 0.29) is 12.5 Å². The summed E-state index contributed by atoms with van der Waals surface area (Å²) in [5.41, 5.74) is 5.08. The van der Waals surface area contributed by atoms with E-state index in [9.17, 15) is 4.79 Å². The van der Waals surface area contributed by atoms with Crippen LogP contribution in [0.1, 0.15) is 15.9 Å². The van der Waals surface area contributed by atoms with Crippen molar-refractivity contribution < 1.29 is 9.90 Å². The van der Waals surface area contributed by atoms with Crippen molar-refractivity contribution in [3.05, 3.63) is 59.1 Å². The number of aromatic nitrogens is 1. The molecule has 4 nitrogen and oxygen atoms in total. The summed E-state index contributed by atoms with van der Waals surface area (Å²) >= 11 is 1.52. The highest BCUT2D eigenvalue weighted by atomic mass is 32.1. The second-order valence-corrected chi connectivity index (χ2v) is 5.55. The number of hydrogen-bond donors (Lipinski definition) is 2. The van der Waals surface area contributed by atoms with Crippen LogP contribution < -0.4 is 5.32 Å². The minimum absolute atomic E-state index is 0.126. The molecule has 2 aromatic carbocycles. The number of nitrogens with one attached hydrogen (secondary N) is 1. The van der Waals surface area contributed by atoms with E-state index in [0.717, 1.165) is 21.5 Å². The van der Waals surface area contributed by atoms with E-state index in [1.165, 1.54) is 11.3 Å². The standard InChI is InChI=1S/C16H14N2O2S/c19-8-7-11-1-4-13(5-2-11)18-16(20)12-3-6-14-15(9-12)21-10-17-14/h1-6,9-10,19H,7-8H2,(H,18,20). The Balaban J connectivity index is 1.75. The molecule has 0 aliphatic rings. The first kappa shape index (κ1) is 13.7. The molecule has 3 rings (SSSR count). The fourth-order valence-electron chi connectivity index (χ4n) is 2.08. The molecule has 21 heavy (non-hydrogen) atoms. The van der Waals surface area contributed by atoms with E-state index >= 15 is 0 Å². The molecule has 3 aromatic rings. The molecule has 0 saturated heterocycles. The van der Waals surface area contributed by atoms with Crippen molar-refractivity contribution in [2.75, 3.05) is 11.9 Å². The normalized spacial score (nSPS) is 10.7. The van der Waals surface area contributed by atoms with Crippen LogP contribution in [0.3, 0.4) is 0 Å². The fourth-order valence-corrected chi connectivity index (χ4v) is 2.80. The molecule has 0 bridgehead atoms. The molecule has 5 heteroatoms. The number of fused-ring (bicyclic) bond motifs is 1. The van der Waals surface area contributed by atoms with Gasteiger partial charge in [-0.3, -0.25) is 4.79 Å². The summed E-state index contributed by atoms with van der Waals surface area (Å²) in [5, 5.41) is 11.7. The number of carbonyl (C=O) groups excluding carboxylic acids is 1. The molecular formula is C16H14N2O2S. The van der Waals surface area contributed by atoms with Crippen molar-refractivity contribution in [2.24, 2.45) is 0 Å². The lowest BCUT2D eigenvalue weighted by molar-refractivity contribution is 0.102. The van der Waals surface area contributed by atoms with Gasteiger partial charge in [0.15, 0.2) is 0 Å². The second-order valence-electron chi connectivity index (χ2n) is 4.66. The Morgan fingerprint density at radius 3 is 2.76 bits per heavy atom. The molecule has 0 atom stereocenters. The number of amides is 1. The molecule has 0 unspecified atom stereocenters. The van der Waals surface area contributed by atoms with E-state index in [0.29, 0.717) is 12.0 Å². The minimum atomic E-state index is -0.139. The molecule has 0 radical (unpaired) electrons. The van der Waals surface area contributed by atoms with Gasteiger partial charge in [0.2, 0.25) is 0 Å². The first-order valence-electron chi connectivity index (χ1n) is 6.60. The zero-order chi connectivity index (χ0) is 14.7. The molecule has 0 aliphatic carbocycles. The predicted octanol–water partition coefficient (Wildman–Crippen LogP) is 3.08. The van der Waals surface area contributed by atoms with Gasteiger partial charge >= 0.3 is 0 Å². The molecule has 0 spiro atoms. The Bertz CT molecular complexity index is 765. The monoisotopic (exact) mass is 298 g/mol. The van der Waals surface area contributed by atoms with Crippen molar-refractivity contribution in [3.63, 3.8) is 0 Å². The van der Waals surface area contributed by atoms with Crippen LogP contribution >= 0.6 is 11.3 Å². The third-order valence-electron chi connectivity index (χ3n) is 3.21. The topological polar surface area (TPSA) is 62.2 Å². The van der Waals surface area contributed by atoms with Crippen molar-refractivity contribution in [3.8, 4) is 0 Å². The lowest BCUT2D eigenvalue weighted by atomic mass is 10.1. The second kappa shape index (κ2) is 6.03. The fraction of sp³-hybridized carbons (Fsp3) is 0.125. The van der Waals surface area contributed by atoms with Crippen molar-refractivity contribution >= 4 is 33.1 Å². The Labute approximate surface area is 126 Å². The van der Waals surface area contributed by atoms with Gasteiger partial charge in [-0.25, -0.2) is 4.98 Å². The van der Waals surface area contributed by atoms with Crippen molar-refractivity contribution in [2.45, 2.75) is 6.42 Å². The van der Waals surface area contributed by atoms with Crippen LogP contribution in [0.15, 0.2) is 48.0 Å². The van der Waals surface area contributed by atoms with Gasteiger partial charge in [-0.1, -0.05) is 12.1 Å². The van der Waals surface area contributed by atoms with Crippen molar-refractivity contribution in [1.82, 2.24) is 4.98 Å². The number of carbonyl (C=O) groups is 1. The summed E-state index contributed by atoms with van der Waals surface area (Å²) in [6.07, 6.45) is 0.621.